The maximum Gasteiger partial charge on any atom is 0.311 e. The van der Waals surface area contributed by atoms with Crippen LogP contribution in [0.5, 0.6) is 11.5 Å². The summed E-state index contributed by atoms with van der Waals surface area (Å²) < 4.78 is 16.2. The van der Waals surface area contributed by atoms with Crippen molar-refractivity contribution in [2.24, 2.45) is 0 Å². The van der Waals surface area contributed by atoms with Crippen LogP contribution in [0.1, 0.15) is 18.7 Å². The Morgan fingerprint density at radius 1 is 1.20 bits per heavy atom. The van der Waals surface area contributed by atoms with E-state index in [0.29, 0.717) is 51.6 Å². The Labute approximate surface area is 154 Å². The Kier molecular flexibility index (Phi) is 5.46. The zero-order valence-electron chi connectivity index (χ0n) is 13.4. The molecule has 3 rings (SSSR count). The molecule has 0 aliphatic rings. The number of ether oxygens (including phenoxy) is 2. The van der Waals surface area contributed by atoms with Crippen LogP contribution >= 0.6 is 23.2 Å². The second kappa shape index (κ2) is 7.76. The number of hydrogen-bond donors (Lipinski definition) is 0. The minimum atomic E-state index is -0.342. The average Bonchev–Trinajstić information content (AvgIpc) is 2.92. The van der Waals surface area contributed by atoms with Crippen molar-refractivity contribution in [1.82, 2.24) is 4.98 Å². The van der Waals surface area contributed by atoms with Gasteiger partial charge in [0.05, 0.1) is 11.6 Å². The molecule has 0 saturated heterocycles. The van der Waals surface area contributed by atoms with Gasteiger partial charge in [0.2, 0.25) is 0 Å². The molecule has 0 saturated carbocycles. The molecule has 0 bridgehead atoms. The minimum Gasteiger partial charge on any atom is -0.492 e. The second-order valence-corrected chi connectivity index (χ2v) is 6.21. The molecule has 0 amide bonds. The molecule has 0 radical (unpaired) electrons. The van der Waals surface area contributed by atoms with Gasteiger partial charge < -0.3 is 13.9 Å². The van der Waals surface area contributed by atoms with E-state index in [9.17, 15) is 4.79 Å². The standard InChI is InChI=1S/C18H15Cl2NO4/c1-11-21-15-10-13(5-7-17(15)24-11)25-18(22)3-2-8-23-16-6-4-12(19)9-14(16)20/h4-7,9-10H,2-3,8H2,1H3. The lowest BCUT2D eigenvalue weighted by atomic mass is 10.3. The highest BCUT2D eigenvalue weighted by Gasteiger charge is 2.09. The Hall–Kier alpha value is -2.24. The fourth-order valence-electron chi connectivity index (χ4n) is 2.26. The monoisotopic (exact) mass is 379 g/mol. The fraction of sp³-hybridized carbons (Fsp3) is 0.222. The average molecular weight is 380 g/mol. The topological polar surface area (TPSA) is 61.6 Å². The fourth-order valence-corrected chi connectivity index (χ4v) is 2.72. The van der Waals surface area contributed by atoms with E-state index < -0.39 is 0 Å². The van der Waals surface area contributed by atoms with Gasteiger partial charge in [-0.2, -0.15) is 0 Å². The van der Waals surface area contributed by atoms with E-state index in [0.717, 1.165) is 0 Å². The van der Waals surface area contributed by atoms with Crippen LogP contribution < -0.4 is 9.47 Å². The normalized spacial score (nSPS) is 10.8. The van der Waals surface area contributed by atoms with E-state index in [2.05, 4.69) is 4.98 Å². The number of aromatic nitrogens is 1. The number of fused-ring (bicyclic) bond motifs is 1. The molecule has 0 N–H and O–H groups in total. The zero-order valence-corrected chi connectivity index (χ0v) is 14.9. The summed E-state index contributed by atoms with van der Waals surface area (Å²) in [5, 5.41) is 0.978. The second-order valence-electron chi connectivity index (χ2n) is 5.36. The largest absolute Gasteiger partial charge is 0.492 e. The lowest BCUT2D eigenvalue weighted by Crippen LogP contribution is -2.10. The Bertz CT molecular complexity index is 907. The number of aryl methyl sites for hydroxylation is 1. The molecule has 7 heteroatoms. The SMILES string of the molecule is Cc1nc2cc(OC(=O)CCCOc3ccc(Cl)cc3Cl)ccc2o1. The number of esters is 1. The van der Waals surface area contributed by atoms with E-state index in [1.165, 1.54) is 0 Å². The van der Waals surface area contributed by atoms with E-state index in [1.807, 2.05) is 0 Å². The van der Waals surface area contributed by atoms with Crippen LogP contribution in [-0.2, 0) is 4.79 Å². The number of hydrogen-bond acceptors (Lipinski definition) is 5. The van der Waals surface area contributed by atoms with E-state index in [1.54, 1.807) is 43.3 Å². The lowest BCUT2D eigenvalue weighted by molar-refractivity contribution is -0.134. The van der Waals surface area contributed by atoms with Gasteiger partial charge in [-0.3, -0.25) is 4.79 Å². The summed E-state index contributed by atoms with van der Waals surface area (Å²) in [6, 6.07) is 10.1. The summed E-state index contributed by atoms with van der Waals surface area (Å²) in [5.41, 5.74) is 1.31. The minimum absolute atomic E-state index is 0.223. The number of benzene rings is 2. The van der Waals surface area contributed by atoms with Crippen molar-refractivity contribution >= 4 is 40.3 Å². The third-order valence-electron chi connectivity index (χ3n) is 3.37. The Morgan fingerprint density at radius 2 is 2.04 bits per heavy atom. The third kappa shape index (κ3) is 4.65. The lowest BCUT2D eigenvalue weighted by Gasteiger charge is -2.08. The van der Waals surface area contributed by atoms with Gasteiger partial charge in [-0.15, -0.1) is 0 Å². The van der Waals surface area contributed by atoms with Crippen molar-refractivity contribution in [3.8, 4) is 11.5 Å². The summed E-state index contributed by atoms with van der Waals surface area (Å²) in [6.45, 7) is 2.11. The summed E-state index contributed by atoms with van der Waals surface area (Å²) in [7, 11) is 0. The summed E-state index contributed by atoms with van der Waals surface area (Å²) >= 11 is 11.8. The van der Waals surface area contributed by atoms with Crippen LogP contribution in [-0.4, -0.2) is 17.6 Å². The van der Waals surface area contributed by atoms with Crippen LogP contribution in [0, 0.1) is 6.92 Å². The maximum absolute atomic E-state index is 11.9. The molecule has 1 heterocycles. The van der Waals surface area contributed by atoms with Crippen molar-refractivity contribution < 1.29 is 18.7 Å². The molecule has 2 aromatic carbocycles. The van der Waals surface area contributed by atoms with Crippen LogP contribution in [0.3, 0.4) is 0 Å². The van der Waals surface area contributed by atoms with E-state index >= 15 is 0 Å². The molecule has 0 spiro atoms. The van der Waals surface area contributed by atoms with Gasteiger partial charge in [0.1, 0.15) is 17.0 Å². The van der Waals surface area contributed by atoms with Crippen molar-refractivity contribution in [1.29, 1.82) is 0 Å². The van der Waals surface area contributed by atoms with Crippen LogP contribution in [0.4, 0.5) is 0 Å². The van der Waals surface area contributed by atoms with Gasteiger partial charge >= 0.3 is 5.97 Å². The van der Waals surface area contributed by atoms with Gasteiger partial charge in [0, 0.05) is 24.4 Å². The number of nitrogens with zero attached hydrogens (tertiary/aromatic N) is 1. The van der Waals surface area contributed by atoms with Gasteiger partial charge in [-0.25, -0.2) is 4.98 Å². The highest BCUT2D eigenvalue weighted by molar-refractivity contribution is 6.35. The molecule has 5 nitrogen and oxygen atoms in total. The first-order valence-electron chi connectivity index (χ1n) is 7.67. The van der Waals surface area contributed by atoms with Gasteiger partial charge in [-0.1, -0.05) is 23.2 Å². The smallest absolute Gasteiger partial charge is 0.311 e. The van der Waals surface area contributed by atoms with Crippen molar-refractivity contribution in [2.75, 3.05) is 6.61 Å². The molecule has 3 aromatic rings. The predicted octanol–water partition coefficient (Wildman–Crippen LogP) is 5.21. The molecule has 0 unspecified atom stereocenters. The van der Waals surface area contributed by atoms with Gasteiger partial charge in [-0.05, 0) is 36.8 Å². The van der Waals surface area contributed by atoms with Gasteiger partial charge in [0.15, 0.2) is 11.5 Å². The number of oxazole rings is 1. The number of carbonyl (C=O) groups excluding carboxylic acids is 1. The molecular weight excluding hydrogens is 365 g/mol. The van der Waals surface area contributed by atoms with E-state index in [-0.39, 0.29) is 12.4 Å². The first-order valence-corrected chi connectivity index (χ1v) is 8.42. The van der Waals surface area contributed by atoms with Crippen LogP contribution in [0.2, 0.25) is 10.0 Å². The number of carbonyl (C=O) groups is 1. The first kappa shape index (κ1) is 17.6. The highest BCUT2D eigenvalue weighted by atomic mass is 35.5. The highest BCUT2D eigenvalue weighted by Crippen LogP contribution is 2.27. The predicted molar refractivity (Wildman–Crippen MR) is 95.6 cm³/mol. The Balaban J connectivity index is 1.47. The number of rotatable bonds is 6. The van der Waals surface area contributed by atoms with Gasteiger partial charge in [0.25, 0.3) is 0 Å². The summed E-state index contributed by atoms with van der Waals surface area (Å²) in [6.07, 6.45) is 0.726. The first-order chi connectivity index (χ1) is 12.0. The van der Waals surface area contributed by atoms with E-state index in [4.69, 9.17) is 37.1 Å². The third-order valence-corrected chi connectivity index (χ3v) is 3.90. The van der Waals surface area contributed by atoms with Crippen molar-refractivity contribution in [3.05, 3.63) is 52.3 Å². The molecule has 0 atom stereocenters. The molecule has 1 aromatic heterocycles. The molecule has 0 fully saturated rings. The van der Waals surface area contributed by atoms with Crippen molar-refractivity contribution in [3.63, 3.8) is 0 Å². The molecule has 0 aliphatic carbocycles. The molecule has 0 aliphatic heterocycles. The number of halogens is 2. The molecular formula is C18H15Cl2NO4. The van der Waals surface area contributed by atoms with Crippen LogP contribution in [0.15, 0.2) is 40.8 Å². The maximum atomic E-state index is 11.9. The van der Waals surface area contributed by atoms with Crippen LogP contribution in [0.25, 0.3) is 11.1 Å². The molecule has 25 heavy (non-hydrogen) atoms. The summed E-state index contributed by atoms with van der Waals surface area (Å²) in [5.74, 6) is 1.20. The summed E-state index contributed by atoms with van der Waals surface area (Å²) in [4.78, 5) is 16.1. The zero-order chi connectivity index (χ0) is 17.8. The quantitative estimate of drug-likeness (QED) is 0.334. The Morgan fingerprint density at radius 3 is 2.84 bits per heavy atom. The van der Waals surface area contributed by atoms with Crippen molar-refractivity contribution in [2.45, 2.75) is 19.8 Å². The molecule has 130 valence electrons.